The van der Waals surface area contributed by atoms with E-state index in [1.807, 2.05) is 12.1 Å². The number of halogens is 1. The molecule has 2 aliphatic rings. The molecule has 3 aromatic rings. The van der Waals surface area contributed by atoms with Crippen molar-refractivity contribution in [2.24, 2.45) is 0 Å². The summed E-state index contributed by atoms with van der Waals surface area (Å²) in [6.07, 6.45) is 4.22. The Labute approximate surface area is 170 Å². The van der Waals surface area contributed by atoms with E-state index < -0.39 is 10.0 Å². The summed E-state index contributed by atoms with van der Waals surface area (Å²) < 4.78 is 40.0. The number of hydrogen-bond donors (Lipinski definition) is 1. The second kappa shape index (κ2) is 6.05. The first kappa shape index (κ1) is 17.7. The summed E-state index contributed by atoms with van der Waals surface area (Å²) in [5, 5.41) is 3.85. The van der Waals surface area contributed by atoms with E-state index in [2.05, 4.69) is 36.9 Å². The zero-order chi connectivity index (χ0) is 19.5. The first-order valence-corrected chi connectivity index (χ1v) is 11.0. The smallest absolute Gasteiger partial charge is 0.284 e. The highest BCUT2D eigenvalue weighted by molar-refractivity contribution is 9.10. The Balaban J connectivity index is 1.59. The predicted molar refractivity (Wildman–Crippen MR) is 106 cm³/mol. The molecule has 9 heteroatoms. The average molecular weight is 462 g/mol. The van der Waals surface area contributed by atoms with Crippen LogP contribution in [0.4, 0.5) is 5.82 Å². The molecule has 1 N–H and O–H groups in total. The van der Waals surface area contributed by atoms with Gasteiger partial charge in [0.15, 0.2) is 17.3 Å². The molecule has 0 saturated heterocycles. The maximum Gasteiger partial charge on any atom is 0.284 e. The molecule has 1 aromatic carbocycles. The summed E-state index contributed by atoms with van der Waals surface area (Å²) in [6, 6.07) is 9.30. The van der Waals surface area contributed by atoms with Crippen LogP contribution in [0.5, 0.6) is 5.75 Å². The number of ether oxygens (including phenoxy) is 1. The number of nitrogens with one attached hydrogen (secondary N) is 1. The molecule has 7 nitrogen and oxygen atoms in total. The molecular weight excluding hydrogens is 446 g/mol. The second-order valence-corrected chi connectivity index (χ2v) is 9.62. The number of pyridine rings is 1. The molecule has 144 valence electrons. The lowest BCUT2D eigenvalue weighted by Gasteiger charge is -2.24. The van der Waals surface area contributed by atoms with E-state index in [0.717, 1.165) is 28.4 Å². The molecule has 2 aromatic heterocycles. The summed E-state index contributed by atoms with van der Waals surface area (Å²) in [6.45, 7) is 0. The van der Waals surface area contributed by atoms with E-state index in [0.29, 0.717) is 12.2 Å². The van der Waals surface area contributed by atoms with Crippen molar-refractivity contribution < 1.29 is 17.7 Å². The molecule has 0 amide bonds. The highest BCUT2D eigenvalue weighted by atomic mass is 79.9. The minimum atomic E-state index is -3.98. The van der Waals surface area contributed by atoms with Crippen LogP contribution in [-0.4, -0.2) is 25.7 Å². The number of hydrogen-bond acceptors (Lipinski definition) is 6. The zero-order valence-electron chi connectivity index (χ0n) is 14.9. The summed E-state index contributed by atoms with van der Waals surface area (Å²) in [7, 11) is -2.58. The fourth-order valence-corrected chi connectivity index (χ4v) is 5.36. The largest absolute Gasteiger partial charge is 0.494 e. The van der Waals surface area contributed by atoms with E-state index in [4.69, 9.17) is 9.26 Å². The lowest BCUT2D eigenvalue weighted by molar-refractivity contribution is 0.398. The number of anilines is 1. The molecule has 1 spiro atoms. The Kier molecular flexibility index (Phi) is 3.82. The number of fused-ring (bicyclic) bond motifs is 4. The summed E-state index contributed by atoms with van der Waals surface area (Å²) in [4.78, 5) is 3.96. The van der Waals surface area contributed by atoms with Gasteiger partial charge in [-0.2, -0.15) is 8.42 Å². The number of aromatic nitrogens is 2. The first-order valence-electron chi connectivity index (χ1n) is 8.74. The van der Waals surface area contributed by atoms with Gasteiger partial charge in [0.2, 0.25) is 5.03 Å². The van der Waals surface area contributed by atoms with E-state index >= 15 is 0 Å². The molecule has 0 atom stereocenters. The van der Waals surface area contributed by atoms with Crippen LogP contribution in [0.2, 0.25) is 0 Å². The minimum Gasteiger partial charge on any atom is -0.494 e. The topological polar surface area (TPSA) is 94.3 Å². The van der Waals surface area contributed by atoms with Gasteiger partial charge in [-0.25, -0.2) is 4.98 Å². The van der Waals surface area contributed by atoms with E-state index in [9.17, 15) is 8.42 Å². The fourth-order valence-electron chi connectivity index (χ4n) is 3.87. The number of rotatable bonds is 4. The van der Waals surface area contributed by atoms with Crippen LogP contribution < -0.4 is 9.46 Å². The summed E-state index contributed by atoms with van der Waals surface area (Å²) in [5.74, 6) is 0.986. The van der Waals surface area contributed by atoms with Gasteiger partial charge >= 0.3 is 0 Å². The van der Waals surface area contributed by atoms with Crippen LogP contribution >= 0.6 is 15.9 Å². The number of benzene rings is 1. The molecule has 28 heavy (non-hydrogen) atoms. The molecule has 0 aliphatic heterocycles. The van der Waals surface area contributed by atoms with Crippen molar-refractivity contribution in [1.82, 2.24) is 10.1 Å². The summed E-state index contributed by atoms with van der Waals surface area (Å²) >= 11 is 3.51. The van der Waals surface area contributed by atoms with E-state index in [1.165, 1.54) is 18.9 Å². The van der Waals surface area contributed by atoms with Crippen LogP contribution in [0, 0.1) is 0 Å². The average Bonchev–Trinajstić information content (AvgIpc) is 3.35. The van der Waals surface area contributed by atoms with Crippen molar-refractivity contribution >= 4 is 31.8 Å². The third-order valence-electron chi connectivity index (χ3n) is 5.40. The van der Waals surface area contributed by atoms with Gasteiger partial charge in [0, 0.05) is 27.2 Å². The van der Waals surface area contributed by atoms with Crippen LogP contribution in [-0.2, 0) is 21.9 Å². The lowest BCUT2D eigenvalue weighted by Crippen LogP contribution is -2.20. The van der Waals surface area contributed by atoms with Gasteiger partial charge in [-0.15, -0.1) is 0 Å². The minimum absolute atomic E-state index is 0.0392. The molecule has 1 fully saturated rings. The lowest BCUT2D eigenvalue weighted by atomic mass is 9.79. The SMILES string of the molecule is COc1cccnc1S(=O)(=O)Nc1noc2c1CC1(CC1)c1ccc(Br)cc1-2. The molecule has 1 saturated carbocycles. The van der Waals surface area contributed by atoms with Gasteiger partial charge < -0.3 is 9.26 Å². The van der Waals surface area contributed by atoms with Crippen molar-refractivity contribution in [1.29, 1.82) is 0 Å². The predicted octanol–water partition coefficient (Wildman–Crippen LogP) is 3.90. The van der Waals surface area contributed by atoms with Crippen molar-refractivity contribution in [2.45, 2.75) is 29.7 Å². The van der Waals surface area contributed by atoms with Crippen LogP contribution in [0.1, 0.15) is 24.0 Å². The van der Waals surface area contributed by atoms with Gasteiger partial charge in [0.05, 0.1) is 7.11 Å². The van der Waals surface area contributed by atoms with Gasteiger partial charge in [-0.3, -0.25) is 4.72 Å². The number of sulfonamides is 1. The third-order valence-corrected chi connectivity index (χ3v) is 7.17. The maximum atomic E-state index is 12.9. The Morgan fingerprint density at radius 3 is 2.86 bits per heavy atom. The molecular formula is C19H16BrN3O4S. The quantitative estimate of drug-likeness (QED) is 0.632. The standard InChI is InChI=1S/C19H16BrN3O4S/c1-26-15-3-2-8-21-18(15)28(24,25)23-17-13-10-19(6-7-19)14-5-4-11(20)9-12(14)16(13)27-22-17/h2-5,8-9H,6-7,10H2,1H3,(H,22,23). The van der Waals surface area contributed by atoms with Crippen molar-refractivity contribution in [2.75, 3.05) is 11.8 Å². The van der Waals surface area contributed by atoms with Gasteiger partial charge in [-0.05, 0) is 49.1 Å². The molecule has 2 heterocycles. The van der Waals surface area contributed by atoms with Gasteiger partial charge in [-0.1, -0.05) is 27.2 Å². The van der Waals surface area contributed by atoms with Gasteiger partial charge in [0.1, 0.15) is 0 Å². The fraction of sp³-hybridized carbons (Fsp3) is 0.263. The van der Waals surface area contributed by atoms with Crippen molar-refractivity contribution in [3.63, 3.8) is 0 Å². The van der Waals surface area contributed by atoms with Crippen molar-refractivity contribution in [3.8, 4) is 17.1 Å². The van der Waals surface area contributed by atoms with Crippen LogP contribution in [0.15, 0.2) is 50.6 Å². The maximum absolute atomic E-state index is 12.9. The van der Waals surface area contributed by atoms with Gasteiger partial charge in [0.25, 0.3) is 10.0 Å². The Morgan fingerprint density at radius 1 is 1.29 bits per heavy atom. The molecule has 5 rings (SSSR count). The van der Waals surface area contributed by atoms with E-state index in [-0.39, 0.29) is 22.0 Å². The number of methoxy groups -OCH3 is 1. The normalized spacial score (nSPS) is 16.4. The van der Waals surface area contributed by atoms with E-state index in [1.54, 1.807) is 12.1 Å². The highest BCUT2D eigenvalue weighted by Gasteiger charge is 2.50. The highest BCUT2D eigenvalue weighted by Crippen LogP contribution is 2.58. The molecule has 0 unspecified atom stereocenters. The Bertz CT molecular complexity index is 1200. The zero-order valence-corrected chi connectivity index (χ0v) is 17.3. The Hall–Kier alpha value is -2.39. The van der Waals surface area contributed by atoms with Crippen LogP contribution in [0.3, 0.4) is 0 Å². The second-order valence-electron chi connectivity index (χ2n) is 7.10. The van der Waals surface area contributed by atoms with Crippen LogP contribution in [0.25, 0.3) is 11.3 Å². The number of nitrogens with zero attached hydrogens (tertiary/aromatic N) is 2. The first-order chi connectivity index (χ1) is 13.4. The molecule has 0 radical (unpaired) electrons. The van der Waals surface area contributed by atoms with Crippen molar-refractivity contribution in [3.05, 3.63) is 52.1 Å². The monoisotopic (exact) mass is 461 g/mol. The Morgan fingerprint density at radius 2 is 2.11 bits per heavy atom. The molecule has 2 aliphatic carbocycles. The molecule has 0 bridgehead atoms. The third kappa shape index (κ3) is 2.64. The summed E-state index contributed by atoms with van der Waals surface area (Å²) in [5.41, 5.74) is 3.01.